The normalized spacial score (nSPS) is 16.5. The lowest BCUT2D eigenvalue weighted by Crippen LogP contribution is -2.45. The maximum absolute atomic E-state index is 12.4. The highest BCUT2D eigenvalue weighted by molar-refractivity contribution is 5.98. The molecule has 0 radical (unpaired) electrons. The van der Waals surface area contributed by atoms with E-state index < -0.39 is 0 Å². The van der Waals surface area contributed by atoms with Gasteiger partial charge in [0, 0.05) is 32.6 Å². The molecule has 1 aliphatic heterocycles. The van der Waals surface area contributed by atoms with E-state index in [0.29, 0.717) is 12.3 Å². The lowest BCUT2D eigenvalue weighted by molar-refractivity contribution is -0.119. The van der Waals surface area contributed by atoms with Gasteiger partial charge < -0.3 is 15.5 Å². The zero-order valence-corrected chi connectivity index (χ0v) is 12.0. The molecule has 1 heterocycles. The molecule has 0 fully saturated rings. The number of benzene rings is 1. The molecule has 1 aliphatic rings. The third kappa shape index (κ3) is 2.89. The van der Waals surface area contributed by atoms with Crippen molar-refractivity contribution in [3.8, 4) is 0 Å². The predicted molar refractivity (Wildman–Crippen MR) is 79.5 cm³/mol. The Labute approximate surface area is 115 Å². The molecule has 104 valence electrons. The van der Waals surface area contributed by atoms with Crippen LogP contribution in [0.1, 0.15) is 20.3 Å². The van der Waals surface area contributed by atoms with Crippen molar-refractivity contribution in [2.45, 2.75) is 26.3 Å². The highest BCUT2D eigenvalue weighted by atomic mass is 16.2. The van der Waals surface area contributed by atoms with Crippen molar-refractivity contribution in [1.29, 1.82) is 0 Å². The maximum atomic E-state index is 12.4. The number of rotatable bonds is 3. The second-order valence-electron chi connectivity index (χ2n) is 5.57. The largest absolute Gasteiger partial charge is 0.371 e. The van der Waals surface area contributed by atoms with Crippen LogP contribution >= 0.6 is 0 Å². The van der Waals surface area contributed by atoms with Gasteiger partial charge in [0.15, 0.2) is 0 Å². The molecule has 0 aromatic heterocycles. The summed E-state index contributed by atoms with van der Waals surface area (Å²) in [6, 6.07) is 7.96. The summed E-state index contributed by atoms with van der Waals surface area (Å²) in [5, 5.41) is 0. The monoisotopic (exact) mass is 261 g/mol. The molecule has 1 amide bonds. The molecule has 0 spiro atoms. The smallest absolute Gasteiger partial charge is 0.228 e. The van der Waals surface area contributed by atoms with Gasteiger partial charge in [-0.3, -0.25) is 4.79 Å². The van der Waals surface area contributed by atoms with E-state index >= 15 is 0 Å². The molecule has 1 unspecified atom stereocenters. The summed E-state index contributed by atoms with van der Waals surface area (Å²) in [6.45, 7) is 5.70. The van der Waals surface area contributed by atoms with Crippen LogP contribution < -0.4 is 15.5 Å². The first kappa shape index (κ1) is 13.9. The number of nitrogens with zero attached hydrogens (tertiary/aromatic N) is 2. The first-order valence-corrected chi connectivity index (χ1v) is 6.87. The molecule has 2 N–H and O–H groups in total. The maximum Gasteiger partial charge on any atom is 0.228 e. The van der Waals surface area contributed by atoms with Crippen LogP contribution in [0.5, 0.6) is 0 Å². The quantitative estimate of drug-likeness (QED) is 0.903. The van der Waals surface area contributed by atoms with Crippen LogP contribution in [0.15, 0.2) is 24.3 Å². The van der Waals surface area contributed by atoms with E-state index in [-0.39, 0.29) is 11.9 Å². The van der Waals surface area contributed by atoms with Gasteiger partial charge in [0.2, 0.25) is 5.91 Å². The average molecular weight is 261 g/mol. The number of likely N-dealkylation sites (N-methyl/N-ethyl adjacent to an activating group) is 1. The third-order valence-electron chi connectivity index (χ3n) is 3.81. The van der Waals surface area contributed by atoms with Crippen molar-refractivity contribution >= 4 is 17.3 Å². The average Bonchev–Trinajstić information content (AvgIpc) is 2.39. The fraction of sp³-hybridized carbons (Fsp3) is 0.533. The molecule has 4 heteroatoms. The van der Waals surface area contributed by atoms with E-state index in [2.05, 4.69) is 31.9 Å². The Morgan fingerprint density at radius 2 is 1.89 bits per heavy atom. The van der Waals surface area contributed by atoms with E-state index in [1.54, 1.807) is 0 Å². The van der Waals surface area contributed by atoms with Crippen molar-refractivity contribution in [3.63, 3.8) is 0 Å². The zero-order chi connectivity index (χ0) is 14.0. The molecule has 1 aromatic rings. The van der Waals surface area contributed by atoms with E-state index in [0.717, 1.165) is 24.5 Å². The summed E-state index contributed by atoms with van der Waals surface area (Å²) in [6.07, 6.45) is 0.412. The van der Waals surface area contributed by atoms with Gasteiger partial charge in [-0.05, 0) is 18.1 Å². The molecule has 1 aromatic carbocycles. The molecule has 0 saturated heterocycles. The summed E-state index contributed by atoms with van der Waals surface area (Å²) in [5.74, 6) is 0.452. The van der Waals surface area contributed by atoms with Gasteiger partial charge >= 0.3 is 0 Å². The summed E-state index contributed by atoms with van der Waals surface area (Å²) < 4.78 is 0. The van der Waals surface area contributed by atoms with E-state index in [1.165, 1.54) is 0 Å². The van der Waals surface area contributed by atoms with Gasteiger partial charge in [-0.1, -0.05) is 26.0 Å². The number of fused-ring (bicyclic) bond motifs is 1. The topological polar surface area (TPSA) is 49.6 Å². The predicted octanol–water partition coefficient (Wildman–Crippen LogP) is 1.84. The fourth-order valence-electron chi connectivity index (χ4n) is 2.31. The second kappa shape index (κ2) is 5.61. The van der Waals surface area contributed by atoms with Crippen molar-refractivity contribution in [2.24, 2.45) is 11.7 Å². The van der Waals surface area contributed by atoms with Gasteiger partial charge in [-0.2, -0.15) is 0 Å². The van der Waals surface area contributed by atoms with E-state index in [9.17, 15) is 4.79 Å². The van der Waals surface area contributed by atoms with Crippen LogP contribution in [0, 0.1) is 5.92 Å². The third-order valence-corrected chi connectivity index (χ3v) is 3.81. The minimum atomic E-state index is -0.0701. The van der Waals surface area contributed by atoms with E-state index in [4.69, 9.17) is 5.73 Å². The first-order chi connectivity index (χ1) is 9.00. The Morgan fingerprint density at radius 1 is 1.26 bits per heavy atom. The number of carbonyl (C=O) groups excluding carboxylic acids is 1. The van der Waals surface area contributed by atoms with Crippen molar-refractivity contribution in [2.75, 3.05) is 29.9 Å². The molecule has 1 atom stereocenters. The number of anilines is 2. The van der Waals surface area contributed by atoms with Crippen molar-refractivity contribution in [3.05, 3.63) is 24.3 Å². The standard InChI is InChI=1S/C15H23N3O/c1-11(2)12(16)10-15(19)18-9-8-17(3)13-6-4-5-7-14(13)18/h4-7,11-12H,8-10,16H2,1-3H3. The Hall–Kier alpha value is -1.55. The van der Waals surface area contributed by atoms with Gasteiger partial charge in [-0.15, -0.1) is 0 Å². The number of nitrogens with two attached hydrogens (primary N) is 1. The Morgan fingerprint density at radius 3 is 2.53 bits per heavy atom. The van der Waals surface area contributed by atoms with Gasteiger partial charge in [0.1, 0.15) is 0 Å². The lowest BCUT2D eigenvalue weighted by Gasteiger charge is -2.36. The van der Waals surface area contributed by atoms with Crippen LogP contribution in [-0.2, 0) is 4.79 Å². The molecule has 0 saturated carbocycles. The van der Waals surface area contributed by atoms with Gasteiger partial charge in [0.05, 0.1) is 11.4 Å². The highest BCUT2D eigenvalue weighted by Gasteiger charge is 2.26. The van der Waals surface area contributed by atoms with Crippen LogP contribution in [0.4, 0.5) is 11.4 Å². The van der Waals surface area contributed by atoms with Crippen molar-refractivity contribution < 1.29 is 4.79 Å². The number of para-hydroxylation sites is 2. The highest BCUT2D eigenvalue weighted by Crippen LogP contribution is 2.32. The van der Waals surface area contributed by atoms with Crippen molar-refractivity contribution in [1.82, 2.24) is 0 Å². The van der Waals surface area contributed by atoms with Crippen LogP contribution in [0.2, 0.25) is 0 Å². The second-order valence-corrected chi connectivity index (χ2v) is 5.57. The zero-order valence-electron chi connectivity index (χ0n) is 12.0. The Kier molecular flexibility index (Phi) is 4.10. The summed E-state index contributed by atoms with van der Waals surface area (Å²) in [4.78, 5) is 16.5. The lowest BCUT2D eigenvalue weighted by atomic mass is 10.0. The van der Waals surface area contributed by atoms with Gasteiger partial charge in [0.25, 0.3) is 0 Å². The molecule has 2 rings (SSSR count). The number of hydrogen-bond acceptors (Lipinski definition) is 3. The summed E-state index contributed by atoms with van der Waals surface area (Å²) >= 11 is 0. The molecular weight excluding hydrogens is 238 g/mol. The van der Waals surface area contributed by atoms with Crippen LogP contribution in [0.3, 0.4) is 0 Å². The summed E-state index contributed by atoms with van der Waals surface area (Å²) in [7, 11) is 2.06. The number of hydrogen-bond donors (Lipinski definition) is 1. The molecule has 4 nitrogen and oxygen atoms in total. The minimum Gasteiger partial charge on any atom is -0.371 e. The fourth-order valence-corrected chi connectivity index (χ4v) is 2.31. The molecule has 19 heavy (non-hydrogen) atoms. The molecule has 0 aliphatic carbocycles. The van der Waals surface area contributed by atoms with E-state index in [1.807, 2.05) is 23.1 Å². The molecule has 0 bridgehead atoms. The first-order valence-electron chi connectivity index (χ1n) is 6.87. The van der Waals surface area contributed by atoms with Crippen LogP contribution in [0.25, 0.3) is 0 Å². The number of carbonyl (C=O) groups is 1. The molecular formula is C15H23N3O. The minimum absolute atomic E-state index is 0.0701. The Balaban J connectivity index is 2.18. The SMILES string of the molecule is CC(C)C(N)CC(=O)N1CCN(C)c2ccccc21. The Bertz CT molecular complexity index is 458. The number of amides is 1. The van der Waals surface area contributed by atoms with Gasteiger partial charge in [-0.25, -0.2) is 0 Å². The van der Waals surface area contributed by atoms with Crippen LogP contribution in [-0.4, -0.2) is 32.1 Å². The summed E-state index contributed by atoms with van der Waals surface area (Å²) in [5.41, 5.74) is 8.12.